The average Bonchev–Trinajstić information content (AvgIpc) is 2.06. The number of esters is 1. The summed E-state index contributed by atoms with van der Waals surface area (Å²) in [6.45, 7) is 2.05. The highest BCUT2D eigenvalue weighted by atomic mass is 16.5. The molecule has 12 heavy (non-hydrogen) atoms. The first kappa shape index (κ1) is 8.73. The lowest BCUT2D eigenvalue weighted by atomic mass is 10.3. The van der Waals surface area contributed by atoms with E-state index in [9.17, 15) is 4.79 Å². The highest BCUT2D eigenvalue weighted by molar-refractivity contribution is 6.09. The van der Waals surface area contributed by atoms with Crippen molar-refractivity contribution < 1.29 is 14.6 Å². The average molecular weight is 170 g/mol. The smallest absolute Gasteiger partial charge is 0.341 e. The van der Waals surface area contributed by atoms with Crippen molar-refractivity contribution in [3.05, 3.63) is 11.8 Å². The predicted octanol–water partition coefficient (Wildman–Crippen LogP) is -0.617. The molecule has 1 heterocycles. The highest BCUT2D eigenvalue weighted by Crippen LogP contribution is 1.99. The van der Waals surface area contributed by atoms with E-state index in [0.717, 1.165) is 0 Å². The van der Waals surface area contributed by atoms with Crippen LogP contribution in [-0.2, 0) is 9.53 Å². The van der Waals surface area contributed by atoms with Crippen molar-refractivity contribution in [3.8, 4) is 0 Å². The third-order valence-corrected chi connectivity index (χ3v) is 1.25. The van der Waals surface area contributed by atoms with Gasteiger partial charge in [-0.25, -0.2) is 9.79 Å². The van der Waals surface area contributed by atoms with E-state index >= 15 is 0 Å². The fraction of sp³-hybridized carbons (Fsp3) is 0.429. The van der Waals surface area contributed by atoms with Crippen LogP contribution in [0.25, 0.3) is 0 Å². The minimum absolute atomic E-state index is 0.308. The fourth-order valence-electron chi connectivity index (χ4n) is 0.722. The molecule has 1 aliphatic heterocycles. The van der Waals surface area contributed by atoms with E-state index in [2.05, 4.69) is 10.3 Å². The first-order valence-corrected chi connectivity index (χ1v) is 3.58. The number of carbonyl (C=O) groups excluding carboxylic acids is 1. The molecule has 0 saturated carbocycles. The number of nitrogens with zero attached hydrogens (tertiary/aromatic N) is 1. The number of aliphatic hydroxyl groups is 1. The van der Waals surface area contributed by atoms with Gasteiger partial charge in [0.15, 0.2) is 0 Å². The molecule has 0 aromatic heterocycles. The molecule has 0 aliphatic carbocycles. The lowest BCUT2D eigenvalue weighted by Crippen LogP contribution is -2.27. The molecule has 0 spiro atoms. The van der Waals surface area contributed by atoms with Gasteiger partial charge in [-0.05, 0) is 6.92 Å². The van der Waals surface area contributed by atoms with Crippen molar-refractivity contribution in [1.29, 1.82) is 0 Å². The molecule has 5 nitrogen and oxygen atoms in total. The molecule has 1 unspecified atom stereocenters. The summed E-state index contributed by atoms with van der Waals surface area (Å²) in [7, 11) is 0. The molecule has 0 saturated heterocycles. The molecule has 1 aliphatic rings. The van der Waals surface area contributed by atoms with Crippen molar-refractivity contribution in [3.63, 3.8) is 0 Å². The standard InChI is InChI=1S/C7H10N2O3/c1-2-12-6(10)5-3-8-7(11)9-4-5/h3-4,7-8,11H,2H2,1H3. The minimum atomic E-state index is -0.955. The van der Waals surface area contributed by atoms with Crippen LogP contribution in [0.2, 0.25) is 0 Å². The molecule has 5 heteroatoms. The van der Waals surface area contributed by atoms with Crippen LogP contribution in [0.4, 0.5) is 0 Å². The van der Waals surface area contributed by atoms with E-state index in [1.807, 2.05) is 0 Å². The van der Waals surface area contributed by atoms with Crippen LogP contribution in [0.1, 0.15) is 6.92 Å². The Hall–Kier alpha value is -1.36. The number of nitrogens with one attached hydrogen (secondary N) is 1. The lowest BCUT2D eigenvalue weighted by Gasteiger charge is -2.11. The minimum Gasteiger partial charge on any atom is -0.462 e. The highest BCUT2D eigenvalue weighted by Gasteiger charge is 2.12. The molecule has 1 rings (SSSR count). The molecule has 2 N–H and O–H groups in total. The molecule has 0 aromatic rings. The van der Waals surface area contributed by atoms with E-state index in [4.69, 9.17) is 9.84 Å². The van der Waals surface area contributed by atoms with Crippen LogP contribution >= 0.6 is 0 Å². The Kier molecular flexibility index (Phi) is 2.82. The topological polar surface area (TPSA) is 70.9 Å². The van der Waals surface area contributed by atoms with Crippen molar-refractivity contribution in [2.45, 2.75) is 13.3 Å². The van der Waals surface area contributed by atoms with Crippen LogP contribution in [0.15, 0.2) is 16.8 Å². The molecular weight excluding hydrogens is 160 g/mol. The second kappa shape index (κ2) is 3.87. The number of aliphatic imine (C=N–C) groups is 1. The first-order valence-electron chi connectivity index (χ1n) is 3.58. The molecule has 0 radical (unpaired) electrons. The Morgan fingerprint density at radius 2 is 2.67 bits per heavy atom. The Morgan fingerprint density at radius 1 is 1.92 bits per heavy atom. The summed E-state index contributed by atoms with van der Waals surface area (Å²) in [6.07, 6.45) is 1.69. The Bertz CT molecular complexity index is 235. The first-order chi connectivity index (χ1) is 5.74. The van der Waals surface area contributed by atoms with Crippen LogP contribution in [-0.4, -0.2) is 30.2 Å². The number of hydrogen-bond donors (Lipinski definition) is 2. The van der Waals surface area contributed by atoms with Gasteiger partial charge < -0.3 is 15.2 Å². The normalized spacial score (nSPS) is 21.2. The van der Waals surface area contributed by atoms with Crippen LogP contribution in [0.3, 0.4) is 0 Å². The quantitative estimate of drug-likeness (QED) is 0.542. The number of ether oxygens (including phenoxy) is 1. The molecule has 0 fully saturated rings. The van der Waals surface area contributed by atoms with Gasteiger partial charge >= 0.3 is 5.97 Å². The number of carbonyl (C=O) groups is 1. The van der Waals surface area contributed by atoms with Gasteiger partial charge in [-0.1, -0.05) is 0 Å². The number of hydrogen-bond acceptors (Lipinski definition) is 5. The molecule has 0 bridgehead atoms. The summed E-state index contributed by atoms with van der Waals surface area (Å²) in [4.78, 5) is 14.6. The number of rotatable bonds is 2. The van der Waals surface area contributed by atoms with Crippen molar-refractivity contribution in [1.82, 2.24) is 5.32 Å². The fourth-order valence-corrected chi connectivity index (χ4v) is 0.722. The summed E-state index contributed by atoms with van der Waals surface area (Å²) in [5.41, 5.74) is 0.308. The van der Waals surface area contributed by atoms with E-state index in [1.165, 1.54) is 12.4 Å². The van der Waals surface area contributed by atoms with Gasteiger partial charge in [0.1, 0.15) is 0 Å². The van der Waals surface area contributed by atoms with E-state index in [1.54, 1.807) is 6.92 Å². The van der Waals surface area contributed by atoms with Crippen molar-refractivity contribution >= 4 is 12.2 Å². The molecule has 1 atom stereocenters. The zero-order valence-electron chi connectivity index (χ0n) is 6.65. The van der Waals surface area contributed by atoms with E-state index in [0.29, 0.717) is 12.2 Å². The second-order valence-corrected chi connectivity index (χ2v) is 2.14. The molecular formula is C7H10N2O3. The molecule has 0 aromatic carbocycles. The van der Waals surface area contributed by atoms with Gasteiger partial charge in [-0.3, -0.25) is 0 Å². The summed E-state index contributed by atoms with van der Waals surface area (Å²) in [5.74, 6) is -0.444. The zero-order valence-corrected chi connectivity index (χ0v) is 6.65. The molecule has 66 valence electrons. The predicted molar refractivity (Wildman–Crippen MR) is 42.4 cm³/mol. The van der Waals surface area contributed by atoms with Gasteiger partial charge in [-0.2, -0.15) is 0 Å². The van der Waals surface area contributed by atoms with Gasteiger partial charge in [-0.15, -0.1) is 0 Å². The monoisotopic (exact) mass is 170 g/mol. The second-order valence-electron chi connectivity index (χ2n) is 2.14. The van der Waals surface area contributed by atoms with Crippen molar-refractivity contribution in [2.75, 3.05) is 6.61 Å². The van der Waals surface area contributed by atoms with Gasteiger partial charge in [0.2, 0.25) is 6.35 Å². The maximum atomic E-state index is 11.0. The van der Waals surface area contributed by atoms with Gasteiger partial charge in [0.05, 0.1) is 12.2 Å². The Labute approximate surface area is 69.7 Å². The summed E-state index contributed by atoms with van der Waals surface area (Å²) in [6, 6.07) is 0. The third kappa shape index (κ3) is 2.06. The van der Waals surface area contributed by atoms with Gasteiger partial charge in [0, 0.05) is 12.4 Å². The SMILES string of the molecule is CCOC(=O)C1=CNC(O)N=C1. The number of aliphatic hydroxyl groups excluding tert-OH is 1. The summed E-state index contributed by atoms with van der Waals surface area (Å²) in [5, 5.41) is 11.3. The van der Waals surface area contributed by atoms with Crippen LogP contribution in [0, 0.1) is 0 Å². The van der Waals surface area contributed by atoms with E-state index in [-0.39, 0.29) is 0 Å². The van der Waals surface area contributed by atoms with Crippen LogP contribution in [0.5, 0.6) is 0 Å². The maximum Gasteiger partial charge on any atom is 0.341 e. The zero-order chi connectivity index (χ0) is 8.97. The van der Waals surface area contributed by atoms with Crippen LogP contribution < -0.4 is 5.32 Å². The summed E-state index contributed by atoms with van der Waals surface area (Å²) >= 11 is 0. The largest absolute Gasteiger partial charge is 0.462 e. The van der Waals surface area contributed by atoms with Crippen molar-refractivity contribution in [2.24, 2.45) is 4.99 Å². The Balaban J connectivity index is 2.54. The Morgan fingerprint density at radius 3 is 3.17 bits per heavy atom. The van der Waals surface area contributed by atoms with Gasteiger partial charge in [0.25, 0.3) is 0 Å². The van der Waals surface area contributed by atoms with E-state index < -0.39 is 12.3 Å². The lowest BCUT2D eigenvalue weighted by molar-refractivity contribution is -0.137. The third-order valence-electron chi connectivity index (χ3n) is 1.25. The summed E-state index contributed by atoms with van der Waals surface area (Å²) < 4.78 is 4.70. The molecule has 0 amide bonds. The maximum absolute atomic E-state index is 11.0.